The van der Waals surface area contributed by atoms with Crippen molar-refractivity contribution in [1.82, 2.24) is 15.2 Å². The number of benzene rings is 2. The Balaban J connectivity index is 1.63. The maximum Gasteiger partial charge on any atom is 0.335 e. The minimum absolute atomic E-state index is 0.115. The summed E-state index contributed by atoms with van der Waals surface area (Å²) in [5.74, 6) is -0.462. The molecule has 0 bridgehead atoms. The van der Waals surface area contributed by atoms with Crippen molar-refractivity contribution in [3.8, 4) is 23.0 Å². The van der Waals surface area contributed by atoms with E-state index in [2.05, 4.69) is 15.2 Å². The zero-order chi connectivity index (χ0) is 17.8. The number of aromatic hydroxyl groups is 1. The van der Waals surface area contributed by atoms with Crippen molar-refractivity contribution in [2.24, 2.45) is 0 Å². The Hall–Kier alpha value is -2.44. The van der Waals surface area contributed by atoms with Crippen LogP contribution in [0, 0.1) is 5.82 Å². The molecule has 0 atom stereocenters. The number of phenols is 1. The maximum absolute atomic E-state index is 12.8. The maximum atomic E-state index is 12.8. The molecule has 3 aromatic rings. The molecule has 0 amide bonds. The minimum Gasteiger partial charge on any atom is -0.505 e. The molecule has 0 radical (unpaired) electrons. The van der Waals surface area contributed by atoms with E-state index in [1.54, 1.807) is 12.1 Å². The topological polar surface area (TPSA) is 68.1 Å². The summed E-state index contributed by atoms with van der Waals surface area (Å²) in [6, 6.07) is 9.35. The molecule has 0 unspecified atom stereocenters. The highest BCUT2D eigenvalue weighted by molar-refractivity contribution is 6.37. The van der Waals surface area contributed by atoms with Crippen molar-refractivity contribution in [3.63, 3.8) is 0 Å². The number of nitrogens with zero attached hydrogens (tertiary/aromatic N) is 3. The van der Waals surface area contributed by atoms with E-state index >= 15 is 0 Å². The number of rotatable bonds is 5. The van der Waals surface area contributed by atoms with Crippen LogP contribution in [0.4, 0.5) is 4.39 Å². The van der Waals surface area contributed by atoms with Crippen LogP contribution >= 0.6 is 23.2 Å². The highest BCUT2D eigenvalue weighted by Crippen LogP contribution is 2.35. The third-order valence-corrected chi connectivity index (χ3v) is 3.96. The van der Waals surface area contributed by atoms with Crippen molar-refractivity contribution in [3.05, 3.63) is 64.0 Å². The van der Waals surface area contributed by atoms with Crippen molar-refractivity contribution < 1.29 is 14.2 Å². The molecule has 1 heterocycles. The molecule has 128 valence electrons. The Bertz CT molecular complexity index is 851. The van der Waals surface area contributed by atoms with Crippen LogP contribution in [-0.2, 0) is 6.42 Å². The van der Waals surface area contributed by atoms with Crippen LogP contribution in [-0.4, -0.2) is 26.9 Å². The molecule has 0 saturated heterocycles. The van der Waals surface area contributed by atoms with Gasteiger partial charge in [-0.25, -0.2) is 9.37 Å². The lowest BCUT2D eigenvalue weighted by Gasteiger charge is -2.06. The first-order valence-corrected chi connectivity index (χ1v) is 8.04. The van der Waals surface area contributed by atoms with E-state index in [1.165, 1.54) is 30.5 Å². The van der Waals surface area contributed by atoms with Gasteiger partial charge in [-0.3, -0.25) is 0 Å². The van der Waals surface area contributed by atoms with Crippen LogP contribution in [0.15, 0.2) is 42.6 Å². The summed E-state index contributed by atoms with van der Waals surface area (Å²) in [4.78, 5) is 4.08. The third kappa shape index (κ3) is 4.35. The summed E-state index contributed by atoms with van der Waals surface area (Å²) in [5.41, 5.74) is 1.96. The summed E-state index contributed by atoms with van der Waals surface area (Å²) >= 11 is 11.8. The number of ether oxygens (including phenoxy) is 1. The van der Waals surface area contributed by atoms with E-state index in [1.807, 2.05) is 0 Å². The summed E-state index contributed by atoms with van der Waals surface area (Å²) in [6.07, 6.45) is 2.06. The monoisotopic (exact) mass is 379 g/mol. The second-order valence-corrected chi connectivity index (χ2v) is 5.95. The quantitative estimate of drug-likeness (QED) is 0.715. The smallest absolute Gasteiger partial charge is 0.335 e. The zero-order valence-electron chi connectivity index (χ0n) is 12.8. The lowest BCUT2D eigenvalue weighted by Crippen LogP contribution is -2.05. The standard InChI is InChI=1S/C17H12Cl2FN3O2/c18-13-7-11(8-14(19)16(13)24)15-9-21-17(23-22-15)25-6-5-10-1-3-12(20)4-2-10/h1-4,7-9,24H,5-6H2. The molecule has 0 aliphatic rings. The SMILES string of the molecule is Oc1c(Cl)cc(-c2cnc(OCCc3ccc(F)cc3)nn2)cc1Cl. The van der Waals surface area contributed by atoms with Crippen LogP contribution in [0.25, 0.3) is 11.3 Å². The first kappa shape index (κ1) is 17.4. The van der Waals surface area contributed by atoms with Gasteiger partial charge < -0.3 is 9.84 Å². The second kappa shape index (κ2) is 7.63. The van der Waals surface area contributed by atoms with Gasteiger partial charge in [-0.2, -0.15) is 0 Å². The van der Waals surface area contributed by atoms with Gasteiger partial charge in [-0.1, -0.05) is 40.4 Å². The average Bonchev–Trinajstić information content (AvgIpc) is 2.61. The lowest BCUT2D eigenvalue weighted by atomic mass is 10.1. The third-order valence-electron chi connectivity index (χ3n) is 3.39. The Morgan fingerprint density at radius 1 is 1.04 bits per heavy atom. The fraction of sp³-hybridized carbons (Fsp3) is 0.118. The van der Waals surface area contributed by atoms with Gasteiger partial charge in [-0.05, 0) is 29.8 Å². The van der Waals surface area contributed by atoms with Gasteiger partial charge in [0.25, 0.3) is 0 Å². The van der Waals surface area contributed by atoms with E-state index < -0.39 is 0 Å². The first-order chi connectivity index (χ1) is 12.0. The van der Waals surface area contributed by atoms with Gasteiger partial charge in [0.2, 0.25) is 0 Å². The molecule has 5 nitrogen and oxygen atoms in total. The van der Waals surface area contributed by atoms with Crippen molar-refractivity contribution in [2.75, 3.05) is 6.61 Å². The summed E-state index contributed by atoms with van der Waals surface area (Å²) in [6.45, 7) is 0.337. The molecular weight excluding hydrogens is 368 g/mol. The predicted molar refractivity (Wildman–Crippen MR) is 92.5 cm³/mol. The molecule has 1 N–H and O–H groups in total. The Morgan fingerprint density at radius 3 is 2.32 bits per heavy atom. The lowest BCUT2D eigenvalue weighted by molar-refractivity contribution is 0.292. The van der Waals surface area contributed by atoms with Gasteiger partial charge in [0.1, 0.15) is 11.5 Å². The zero-order valence-corrected chi connectivity index (χ0v) is 14.3. The van der Waals surface area contributed by atoms with Gasteiger partial charge in [-0.15, -0.1) is 5.10 Å². The normalized spacial score (nSPS) is 10.7. The molecule has 1 aromatic heterocycles. The molecule has 0 aliphatic heterocycles. The number of phenolic OH excluding ortho intramolecular Hbond substituents is 1. The van der Waals surface area contributed by atoms with Crippen LogP contribution in [0.5, 0.6) is 11.8 Å². The number of halogens is 3. The van der Waals surface area contributed by atoms with Gasteiger partial charge in [0.15, 0.2) is 5.75 Å². The summed E-state index contributed by atoms with van der Waals surface area (Å²) in [5, 5.41) is 17.7. The Morgan fingerprint density at radius 2 is 1.72 bits per heavy atom. The largest absolute Gasteiger partial charge is 0.505 e. The molecule has 2 aromatic carbocycles. The minimum atomic E-state index is -0.276. The van der Waals surface area contributed by atoms with E-state index in [4.69, 9.17) is 27.9 Å². The molecule has 0 saturated carbocycles. The average molecular weight is 380 g/mol. The molecular formula is C17H12Cl2FN3O2. The van der Waals surface area contributed by atoms with Gasteiger partial charge >= 0.3 is 6.01 Å². The molecule has 25 heavy (non-hydrogen) atoms. The number of hydrogen-bond acceptors (Lipinski definition) is 5. The first-order valence-electron chi connectivity index (χ1n) is 7.28. The number of hydrogen-bond donors (Lipinski definition) is 1. The second-order valence-electron chi connectivity index (χ2n) is 5.14. The van der Waals surface area contributed by atoms with Crippen molar-refractivity contribution in [2.45, 2.75) is 6.42 Å². The van der Waals surface area contributed by atoms with Crippen LogP contribution in [0.3, 0.4) is 0 Å². The summed E-state index contributed by atoms with van der Waals surface area (Å²) < 4.78 is 18.3. The molecule has 8 heteroatoms. The van der Waals surface area contributed by atoms with E-state index in [9.17, 15) is 9.50 Å². The van der Waals surface area contributed by atoms with Crippen molar-refractivity contribution in [1.29, 1.82) is 0 Å². The van der Waals surface area contributed by atoms with Crippen LogP contribution in [0.1, 0.15) is 5.56 Å². The van der Waals surface area contributed by atoms with Crippen LogP contribution < -0.4 is 4.74 Å². The predicted octanol–water partition coefficient (Wildman–Crippen LogP) is 4.31. The van der Waals surface area contributed by atoms with E-state index in [0.29, 0.717) is 24.3 Å². The van der Waals surface area contributed by atoms with E-state index in [-0.39, 0.29) is 27.6 Å². The van der Waals surface area contributed by atoms with Gasteiger partial charge in [0, 0.05) is 12.0 Å². The fourth-order valence-electron chi connectivity index (χ4n) is 2.09. The molecule has 3 rings (SSSR count). The van der Waals surface area contributed by atoms with Gasteiger partial charge in [0.05, 0.1) is 22.8 Å². The summed E-state index contributed by atoms with van der Waals surface area (Å²) in [7, 11) is 0. The molecule has 0 spiro atoms. The van der Waals surface area contributed by atoms with E-state index in [0.717, 1.165) is 5.56 Å². The molecule has 0 fully saturated rings. The fourth-order valence-corrected chi connectivity index (χ4v) is 2.57. The Kier molecular flexibility index (Phi) is 5.31. The Labute approximate surface area is 153 Å². The highest BCUT2D eigenvalue weighted by Gasteiger charge is 2.10. The number of aromatic nitrogens is 3. The molecule has 0 aliphatic carbocycles. The van der Waals surface area contributed by atoms with Crippen molar-refractivity contribution >= 4 is 23.2 Å². The highest BCUT2D eigenvalue weighted by atomic mass is 35.5. The van der Waals surface area contributed by atoms with Crippen LogP contribution in [0.2, 0.25) is 10.0 Å².